The SMILES string of the molecule is COc1nc(-c2ccccn2)cc(-c2ccc(C)cc2)c1C(N)=O. The summed E-state index contributed by atoms with van der Waals surface area (Å²) in [6, 6.07) is 15.2. The van der Waals surface area contributed by atoms with Gasteiger partial charge in [-0.1, -0.05) is 35.9 Å². The molecule has 120 valence electrons. The molecule has 0 spiro atoms. The average molecular weight is 319 g/mol. The molecule has 0 saturated carbocycles. The van der Waals surface area contributed by atoms with E-state index in [0.29, 0.717) is 17.0 Å². The molecule has 5 heteroatoms. The van der Waals surface area contributed by atoms with Crippen LogP contribution in [0, 0.1) is 6.92 Å². The highest BCUT2D eigenvalue weighted by Crippen LogP contribution is 2.33. The third-order valence-electron chi connectivity index (χ3n) is 3.72. The molecule has 0 aliphatic heterocycles. The Morgan fingerprint density at radius 1 is 1.08 bits per heavy atom. The second kappa shape index (κ2) is 6.50. The standard InChI is InChI=1S/C19H17N3O2/c1-12-6-8-13(9-7-12)14-11-16(15-5-3-4-10-21-15)22-19(24-2)17(14)18(20)23/h3-11H,1-2H3,(H2,20,23). The van der Waals surface area contributed by atoms with Crippen LogP contribution in [0.3, 0.4) is 0 Å². The number of carbonyl (C=O) groups is 1. The maximum Gasteiger partial charge on any atom is 0.254 e. The van der Waals surface area contributed by atoms with Gasteiger partial charge < -0.3 is 10.5 Å². The predicted octanol–water partition coefficient (Wildman–Crippen LogP) is 3.23. The molecular weight excluding hydrogens is 302 g/mol. The van der Waals surface area contributed by atoms with Crippen LogP contribution in [0.25, 0.3) is 22.5 Å². The zero-order valence-corrected chi connectivity index (χ0v) is 13.5. The quantitative estimate of drug-likeness (QED) is 0.801. The molecule has 2 aromatic heterocycles. The summed E-state index contributed by atoms with van der Waals surface area (Å²) < 4.78 is 5.31. The van der Waals surface area contributed by atoms with E-state index in [0.717, 1.165) is 11.1 Å². The number of primary amides is 1. The number of amides is 1. The first-order valence-electron chi connectivity index (χ1n) is 7.47. The third kappa shape index (κ3) is 2.96. The van der Waals surface area contributed by atoms with E-state index in [1.54, 1.807) is 6.20 Å². The lowest BCUT2D eigenvalue weighted by Crippen LogP contribution is -2.15. The molecule has 0 unspecified atom stereocenters. The topological polar surface area (TPSA) is 78.1 Å². The van der Waals surface area contributed by atoms with Crippen molar-refractivity contribution in [3.8, 4) is 28.4 Å². The number of methoxy groups -OCH3 is 1. The summed E-state index contributed by atoms with van der Waals surface area (Å²) >= 11 is 0. The Morgan fingerprint density at radius 2 is 1.83 bits per heavy atom. The second-order valence-corrected chi connectivity index (χ2v) is 5.38. The Hall–Kier alpha value is -3.21. The van der Waals surface area contributed by atoms with Crippen LogP contribution in [-0.2, 0) is 0 Å². The van der Waals surface area contributed by atoms with Crippen molar-refractivity contribution in [1.29, 1.82) is 0 Å². The van der Waals surface area contributed by atoms with Crippen molar-refractivity contribution in [2.75, 3.05) is 7.11 Å². The van der Waals surface area contributed by atoms with Gasteiger partial charge in [-0.3, -0.25) is 9.78 Å². The van der Waals surface area contributed by atoms with Crippen molar-refractivity contribution in [3.05, 3.63) is 65.9 Å². The number of nitrogens with zero attached hydrogens (tertiary/aromatic N) is 2. The van der Waals surface area contributed by atoms with Crippen molar-refractivity contribution >= 4 is 5.91 Å². The summed E-state index contributed by atoms with van der Waals surface area (Å²) in [7, 11) is 1.47. The first-order valence-corrected chi connectivity index (χ1v) is 7.47. The number of ether oxygens (including phenoxy) is 1. The van der Waals surface area contributed by atoms with Crippen LogP contribution in [0.2, 0.25) is 0 Å². The van der Waals surface area contributed by atoms with Gasteiger partial charge in [-0.05, 0) is 30.7 Å². The van der Waals surface area contributed by atoms with Gasteiger partial charge in [0.05, 0.1) is 18.5 Å². The van der Waals surface area contributed by atoms with Gasteiger partial charge in [-0.2, -0.15) is 0 Å². The van der Waals surface area contributed by atoms with Crippen molar-refractivity contribution in [2.45, 2.75) is 6.92 Å². The summed E-state index contributed by atoms with van der Waals surface area (Å²) in [5, 5.41) is 0. The van der Waals surface area contributed by atoms with Crippen LogP contribution in [0.5, 0.6) is 5.88 Å². The lowest BCUT2D eigenvalue weighted by molar-refractivity contribution is 0.0997. The minimum atomic E-state index is -0.581. The maximum absolute atomic E-state index is 12.0. The molecule has 3 aromatic rings. The van der Waals surface area contributed by atoms with E-state index < -0.39 is 5.91 Å². The first-order chi connectivity index (χ1) is 11.6. The van der Waals surface area contributed by atoms with E-state index in [-0.39, 0.29) is 11.4 Å². The molecule has 0 aliphatic rings. The van der Waals surface area contributed by atoms with Crippen molar-refractivity contribution < 1.29 is 9.53 Å². The van der Waals surface area contributed by atoms with Crippen molar-refractivity contribution in [3.63, 3.8) is 0 Å². The number of aryl methyl sites for hydroxylation is 1. The molecule has 0 bridgehead atoms. The fourth-order valence-electron chi connectivity index (χ4n) is 2.51. The monoisotopic (exact) mass is 319 g/mol. The van der Waals surface area contributed by atoms with E-state index in [9.17, 15) is 4.79 Å². The zero-order chi connectivity index (χ0) is 17.1. The van der Waals surface area contributed by atoms with E-state index in [1.165, 1.54) is 7.11 Å². The van der Waals surface area contributed by atoms with Crippen LogP contribution < -0.4 is 10.5 Å². The fraction of sp³-hybridized carbons (Fsp3) is 0.105. The van der Waals surface area contributed by atoms with Crippen LogP contribution in [0.4, 0.5) is 0 Å². The molecule has 0 fully saturated rings. The number of carbonyl (C=O) groups excluding carboxylic acids is 1. The Balaban J connectivity index is 2.28. The summed E-state index contributed by atoms with van der Waals surface area (Å²) in [4.78, 5) is 20.7. The molecule has 0 saturated heterocycles. The molecule has 5 nitrogen and oxygen atoms in total. The summed E-state index contributed by atoms with van der Waals surface area (Å²) in [5.41, 5.74) is 9.82. The molecule has 1 aromatic carbocycles. The number of pyridine rings is 2. The molecule has 2 N–H and O–H groups in total. The van der Waals surface area contributed by atoms with Gasteiger partial charge in [0.25, 0.3) is 5.91 Å². The Labute approximate surface area is 140 Å². The molecule has 2 heterocycles. The van der Waals surface area contributed by atoms with Gasteiger partial charge in [0.1, 0.15) is 5.56 Å². The normalized spacial score (nSPS) is 10.4. The van der Waals surface area contributed by atoms with Crippen LogP contribution in [0.1, 0.15) is 15.9 Å². The van der Waals surface area contributed by atoms with Gasteiger partial charge in [-0.15, -0.1) is 0 Å². The molecule has 0 aliphatic carbocycles. The number of nitrogens with two attached hydrogens (primary N) is 1. The van der Waals surface area contributed by atoms with Crippen LogP contribution in [-0.4, -0.2) is 23.0 Å². The van der Waals surface area contributed by atoms with E-state index >= 15 is 0 Å². The summed E-state index contributed by atoms with van der Waals surface area (Å²) in [6.45, 7) is 2.01. The fourth-order valence-corrected chi connectivity index (χ4v) is 2.51. The minimum absolute atomic E-state index is 0.196. The highest BCUT2D eigenvalue weighted by Gasteiger charge is 2.20. The van der Waals surface area contributed by atoms with Crippen molar-refractivity contribution in [2.24, 2.45) is 5.73 Å². The molecule has 0 atom stereocenters. The number of aromatic nitrogens is 2. The molecule has 24 heavy (non-hydrogen) atoms. The first kappa shape index (κ1) is 15.7. The highest BCUT2D eigenvalue weighted by molar-refractivity contribution is 6.02. The second-order valence-electron chi connectivity index (χ2n) is 5.38. The molecule has 0 radical (unpaired) electrons. The van der Waals surface area contributed by atoms with Crippen molar-refractivity contribution in [1.82, 2.24) is 9.97 Å². The molecule has 1 amide bonds. The lowest BCUT2D eigenvalue weighted by Gasteiger charge is -2.13. The number of rotatable bonds is 4. The third-order valence-corrected chi connectivity index (χ3v) is 3.72. The Kier molecular flexibility index (Phi) is 4.24. The van der Waals surface area contributed by atoms with Gasteiger partial charge in [-0.25, -0.2) is 4.98 Å². The van der Waals surface area contributed by atoms with E-state index in [4.69, 9.17) is 10.5 Å². The van der Waals surface area contributed by atoms with E-state index in [1.807, 2.05) is 55.5 Å². The van der Waals surface area contributed by atoms with Crippen LogP contribution in [0.15, 0.2) is 54.7 Å². The zero-order valence-electron chi connectivity index (χ0n) is 13.5. The van der Waals surface area contributed by atoms with Gasteiger partial charge in [0, 0.05) is 11.8 Å². The molecule has 3 rings (SSSR count). The smallest absolute Gasteiger partial charge is 0.254 e. The van der Waals surface area contributed by atoms with Gasteiger partial charge >= 0.3 is 0 Å². The predicted molar refractivity (Wildman–Crippen MR) is 92.7 cm³/mol. The number of hydrogen-bond acceptors (Lipinski definition) is 4. The van der Waals surface area contributed by atoms with Crippen LogP contribution >= 0.6 is 0 Å². The number of hydrogen-bond donors (Lipinski definition) is 1. The number of benzene rings is 1. The maximum atomic E-state index is 12.0. The summed E-state index contributed by atoms with van der Waals surface area (Å²) in [5.74, 6) is -0.385. The highest BCUT2D eigenvalue weighted by atomic mass is 16.5. The van der Waals surface area contributed by atoms with Gasteiger partial charge in [0.15, 0.2) is 0 Å². The Bertz CT molecular complexity index is 875. The van der Waals surface area contributed by atoms with E-state index in [2.05, 4.69) is 9.97 Å². The minimum Gasteiger partial charge on any atom is -0.480 e. The largest absolute Gasteiger partial charge is 0.480 e. The van der Waals surface area contributed by atoms with Gasteiger partial charge in [0.2, 0.25) is 5.88 Å². The lowest BCUT2D eigenvalue weighted by atomic mass is 9.98. The Morgan fingerprint density at radius 3 is 2.42 bits per heavy atom. The summed E-state index contributed by atoms with van der Waals surface area (Å²) in [6.07, 6.45) is 1.69. The molecular formula is C19H17N3O2. The average Bonchev–Trinajstić information content (AvgIpc) is 2.61.